The Balaban J connectivity index is 1.72. The fraction of sp³-hybridized carbons (Fsp3) is 0.421. The van der Waals surface area contributed by atoms with Crippen molar-refractivity contribution in [3.63, 3.8) is 0 Å². The van der Waals surface area contributed by atoms with Gasteiger partial charge in [-0.25, -0.2) is 9.80 Å². The van der Waals surface area contributed by atoms with Crippen molar-refractivity contribution < 1.29 is 9.53 Å². The van der Waals surface area contributed by atoms with Gasteiger partial charge in [0.2, 0.25) is 0 Å². The third-order valence-electron chi connectivity index (χ3n) is 4.72. The number of para-hydroxylation sites is 1. The summed E-state index contributed by atoms with van der Waals surface area (Å²) in [6.07, 6.45) is 6.34. The Morgan fingerprint density at radius 3 is 2.46 bits per heavy atom. The molecule has 3 rings (SSSR count). The van der Waals surface area contributed by atoms with Crippen molar-refractivity contribution in [3.05, 3.63) is 54.4 Å². The zero-order valence-electron chi connectivity index (χ0n) is 14.4. The highest BCUT2D eigenvalue weighted by Gasteiger charge is 2.30. The van der Waals surface area contributed by atoms with Crippen LogP contribution in [0.1, 0.15) is 25.3 Å². The molecule has 1 aromatic heterocycles. The van der Waals surface area contributed by atoms with Gasteiger partial charge in [0, 0.05) is 31.2 Å². The summed E-state index contributed by atoms with van der Waals surface area (Å²) in [7, 11) is 1.44. The van der Waals surface area contributed by atoms with Crippen molar-refractivity contribution >= 4 is 11.8 Å². The highest BCUT2D eigenvalue weighted by molar-refractivity contribution is 5.79. The molecular formula is C19H25N3O2. The van der Waals surface area contributed by atoms with Gasteiger partial charge < -0.3 is 9.64 Å². The zero-order valence-corrected chi connectivity index (χ0v) is 14.4. The van der Waals surface area contributed by atoms with Crippen LogP contribution in [0.15, 0.2) is 48.8 Å². The summed E-state index contributed by atoms with van der Waals surface area (Å²) in [6, 6.07) is 12.6. The van der Waals surface area contributed by atoms with Gasteiger partial charge in [-0.15, -0.1) is 0 Å². The molecule has 5 nitrogen and oxygen atoms in total. The molecule has 128 valence electrons. The average Bonchev–Trinajstić information content (AvgIpc) is 3.16. The van der Waals surface area contributed by atoms with Crippen LogP contribution in [0, 0.1) is 0 Å². The van der Waals surface area contributed by atoms with Gasteiger partial charge in [-0.3, -0.25) is 4.68 Å². The van der Waals surface area contributed by atoms with E-state index in [9.17, 15) is 4.79 Å². The van der Waals surface area contributed by atoms with Gasteiger partial charge in [0.25, 0.3) is 0 Å². The van der Waals surface area contributed by atoms with Crippen LogP contribution in [-0.2, 0) is 11.2 Å². The van der Waals surface area contributed by atoms with E-state index in [0.717, 1.165) is 32.4 Å². The van der Waals surface area contributed by atoms with Crippen molar-refractivity contribution in [1.82, 2.24) is 4.68 Å². The lowest BCUT2D eigenvalue weighted by molar-refractivity contribution is 0.165. The molecule has 1 aliphatic rings. The van der Waals surface area contributed by atoms with Crippen molar-refractivity contribution in [2.45, 2.75) is 32.2 Å². The van der Waals surface area contributed by atoms with Crippen LogP contribution in [0.2, 0.25) is 0 Å². The van der Waals surface area contributed by atoms with Crippen molar-refractivity contribution in [2.24, 2.45) is 0 Å². The number of benzene rings is 1. The predicted octanol–water partition coefficient (Wildman–Crippen LogP) is 3.42. The Labute approximate surface area is 143 Å². The Hall–Kier alpha value is -2.43. The first-order valence-electron chi connectivity index (χ1n) is 8.58. The van der Waals surface area contributed by atoms with E-state index >= 15 is 0 Å². The Bertz CT molecular complexity index is 661. The molecule has 24 heavy (non-hydrogen) atoms. The van der Waals surface area contributed by atoms with Crippen molar-refractivity contribution in [1.29, 1.82) is 0 Å². The maximum Gasteiger partial charge on any atom is 0.429 e. The molecule has 1 saturated heterocycles. The van der Waals surface area contributed by atoms with Crippen LogP contribution in [-0.4, -0.2) is 37.0 Å². The smallest absolute Gasteiger partial charge is 0.429 e. The minimum atomic E-state index is -0.307. The fourth-order valence-electron chi connectivity index (χ4n) is 3.46. The minimum Gasteiger partial charge on any atom is -0.452 e. The molecule has 0 radical (unpaired) electrons. The molecule has 0 N–H and O–H groups in total. The third-order valence-corrected chi connectivity index (χ3v) is 4.72. The van der Waals surface area contributed by atoms with Crippen LogP contribution in [0.5, 0.6) is 0 Å². The first-order valence-corrected chi connectivity index (χ1v) is 8.58. The van der Waals surface area contributed by atoms with Crippen LogP contribution in [0.25, 0.3) is 0 Å². The number of piperidine rings is 1. The van der Waals surface area contributed by atoms with Crippen LogP contribution >= 0.6 is 0 Å². The SMILES string of the molecule is CCc1ccccc1N1CCC(N(C(=O)OC)n2cccc2)CC1. The molecule has 0 spiro atoms. The Morgan fingerprint density at radius 1 is 1.17 bits per heavy atom. The number of anilines is 1. The molecule has 0 saturated carbocycles. The summed E-state index contributed by atoms with van der Waals surface area (Å²) in [6.45, 7) is 4.07. The summed E-state index contributed by atoms with van der Waals surface area (Å²) in [5, 5.41) is 1.73. The average molecular weight is 327 g/mol. The van der Waals surface area contributed by atoms with E-state index in [1.807, 2.05) is 29.2 Å². The Morgan fingerprint density at radius 2 is 1.83 bits per heavy atom. The lowest BCUT2D eigenvalue weighted by Gasteiger charge is -2.39. The van der Waals surface area contributed by atoms with E-state index in [4.69, 9.17) is 4.74 Å². The lowest BCUT2D eigenvalue weighted by atomic mass is 10.0. The highest BCUT2D eigenvalue weighted by Crippen LogP contribution is 2.26. The van der Waals surface area contributed by atoms with Gasteiger partial charge in [-0.2, -0.15) is 0 Å². The quantitative estimate of drug-likeness (QED) is 0.863. The van der Waals surface area contributed by atoms with Crippen molar-refractivity contribution in [3.8, 4) is 0 Å². The first kappa shape index (κ1) is 16.4. The molecule has 1 fully saturated rings. The maximum absolute atomic E-state index is 12.2. The lowest BCUT2D eigenvalue weighted by Crippen LogP contribution is -2.52. The number of hydrogen-bond acceptors (Lipinski definition) is 3. The predicted molar refractivity (Wildman–Crippen MR) is 96.1 cm³/mol. The monoisotopic (exact) mass is 327 g/mol. The summed E-state index contributed by atoms with van der Waals surface area (Å²) < 4.78 is 6.82. The second-order valence-electron chi connectivity index (χ2n) is 6.08. The number of nitrogens with zero attached hydrogens (tertiary/aromatic N) is 3. The van der Waals surface area contributed by atoms with E-state index in [0.29, 0.717) is 0 Å². The van der Waals surface area contributed by atoms with Crippen LogP contribution in [0.4, 0.5) is 10.5 Å². The van der Waals surface area contributed by atoms with Crippen molar-refractivity contribution in [2.75, 3.05) is 30.1 Å². The molecule has 5 heteroatoms. The van der Waals surface area contributed by atoms with Gasteiger partial charge >= 0.3 is 6.09 Å². The Kier molecular flexibility index (Phi) is 5.08. The number of methoxy groups -OCH3 is 1. The number of carbonyl (C=O) groups excluding carboxylic acids is 1. The van der Waals surface area contributed by atoms with Gasteiger partial charge in [-0.1, -0.05) is 25.1 Å². The van der Waals surface area contributed by atoms with Gasteiger partial charge in [0.05, 0.1) is 13.2 Å². The molecule has 1 amide bonds. The number of amides is 1. The summed E-state index contributed by atoms with van der Waals surface area (Å²) >= 11 is 0. The van der Waals surface area contributed by atoms with Gasteiger partial charge in [0.15, 0.2) is 0 Å². The molecule has 0 unspecified atom stereocenters. The molecule has 0 bridgehead atoms. The zero-order chi connectivity index (χ0) is 16.9. The van der Waals surface area contributed by atoms with E-state index < -0.39 is 0 Å². The van der Waals surface area contributed by atoms with E-state index in [2.05, 4.69) is 36.1 Å². The van der Waals surface area contributed by atoms with Crippen LogP contribution < -0.4 is 9.91 Å². The standard InChI is InChI=1S/C19H25N3O2/c1-3-16-8-4-5-9-18(16)20-14-10-17(11-15-20)22(19(23)24-2)21-12-6-7-13-21/h4-9,12-13,17H,3,10-11,14-15H2,1-2H3. The second-order valence-corrected chi connectivity index (χ2v) is 6.08. The molecule has 0 aliphatic carbocycles. The molecule has 1 aromatic carbocycles. The number of carbonyl (C=O) groups is 1. The molecule has 2 heterocycles. The summed E-state index contributed by atoms with van der Waals surface area (Å²) in [4.78, 5) is 14.7. The number of aryl methyl sites for hydroxylation is 1. The molecule has 2 aromatic rings. The number of aromatic nitrogens is 1. The second kappa shape index (κ2) is 7.43. The van der Waals surface area contributed by atoms with Gasteiger partial charge in [-0.05, 0) is 43.0 Å². The molecule has 0 atom stereocenters. The largest absolute Gasteiger partial charge is 0.452 e. The first-order chi connectivity index (χ1) is 11.7. The summed E-state index contributed by atoms with van der Waals surface area (Å²) in [5.41, 5.74) is 2.70. The number of hydrogen-bond donors (Lipinski definition) is 0. The molecule has 1 aliphatic heterocycles. The number of rotatable bonds is 4. The topological polar surface area (TPSA) is 37.7 Å². The third kappa shape index (κ3) is 3.25. The highest BCUT2D eigenvalue weighted by atomic mass is 16.5. The minimum absolute atomic E-state index is 0.148. The van der Waals surface area contributed by atoms with E-state index in [-0.39, 0.29) is 12.1 Å². The van der Waals surface area contributed by atoms with Crippen LogP contribution in [0.3, 0.4) is 0 Å². The normalized spacial score (nSPS) is 15.3. The maximum atomic E-state index is 12.2. The number of ether oxygens (including phenoxy) is 1. The fourth-order valence-corrected chi connectivity index (χ4v) is 3.46. The van der Waals surface area contributed by atoms with Gasteiger partial charge in [0.1, 0.15) is 0 Å². The van der Waals surface area contributed by atoms with E-state index in [1.165, 1.54) is 18.4 Å². The van der Waals surface area contributed by atoms with E-state index in [1.54, 1.807) is 5.01 Å². The summed E-state index contributed by atoms with van der Waals surface area (Å²) in [5.74, 6) is 0. The molecular weight excluding hydrogens is 302 g/mol.